The van der Waals surface area contributed by atoms with Crippen LogP contribution in [-0.4, -0.2) is 53.3 Å². The van der Waals surface area contributed by atoms with Crippen LogP contribution in [0.1, 0.15) is 23.2 Å². The van der Waals surface area contributed by atoms with E-state index in [9.17, 15) is 9.59 Å². The first kappa shape index (κ1) is 15.1. The third-order valence-corrected chi connectivity index (χ3v) is 3.97. The third kappa shape index (κ3) is 2.88. The first-order chi connectivity index (χ1) is 9.41. The van der Waals surface area contributed by atoms with Crippen LogP contribution in [-0.2, 0) is 4.79 Å². The molecule has 1 atom stereocenters. The van der Waals surface area contributed by atoms with Crippen molar-refractivity contribution in [2.45, 2.75) is 18.9 Å². The molecule has 1 aliphatic heterocycles. The highest BCUT2D eigenvalue weighted by Gasteiger charge is 2.35. The Kier molecular flexibility index (Phi) is 4.50. The average molecular weight is 316 g/mol. The van der Waals surface area contributed by atoms with Crippen LogP contribution < -0.4 is 0 Å². The van der Waals surface area contributed by atoms with Crippen LogP contribution in [0.15, 0.2) is 12.3 Å². The van der Waals surface area contributed by atoms with Crippen LogP contribution >= 0.6 is 23.2 Å². The van der Waals surface area contributed by atoms with Gasteiger partial charge in [0.05, 0.1) is 10.6 Å². The number of pyridine rings is 1. The zero-order valence-corrected chi connectivity index (χ0v) is 12.8. The highest BCUT2D eigenvalue weighted by atomic mass is 35.5. The molecule has 7 heteroatoms. The molecule has 1 aromatic rings. The molecule has 0 radical (unpaired) electrons. The van der Waals surface area contributed by atoms with Crippen molar-refractivity contribution < 1.29 is 9.59 Å². The monoisotopic (exact) mass is 315 g/mol. The van der Waals surface area contributed by atoms with E-state index < -0.39 is 6.04 Å². The van der Waals surface area contributed by atoms with Gasteiger partial charge in [-0.15, -0.1) is 0 Å². The van der Waals surface area contributed by atoms with Gasteiger partial charge in [0.2, 0.25) is 5.91 Å². The summed E-state index contributed by atoms with van der Waals surface area (Å²) in [6.45, 7) is 0.559. The lowest BCUT2D eigenvalue weighted by molar-refractivity contribution is -0.132. The van der Waals surface area contributed by atoms with E-state index in [1.807, 2.05) is 0 Å². The van der Waals surface area contributed by atoms with E-state index in [-0.39, 0.29) is 22.0 Å². The van der Waals surface area contributed by atoms with Crippen molar-refractivity contribution in [3.05, 3.63) is 28.0 Å². The number of halogens is 2. The highest BCUT2D eigenvalue weighted by molar-refractivity contribution is 6.41. The van der Waals surface area contributed by atoms with Crippen LogP contribution in [0, 0.1) is 0 Å². The standard InChI is InChI=1S/C13H15Cl2N3O2/c1-17(2)13(20)10-4-3-5-18(10)12(19)8-6-9(14)11(15)16-7-8/h6-7,10H,3-5H2,1-2H3. The molecule has 1 aliphatic rings. The fourth-order valence-electron chi connectivity index (χ4n) is 2.27. The molecule has 1 saturated heterocycles. The molecule has 1 aromatic heterocycles. The van der Waals surface area contributed by atoms with E-state index >= 15 is 0 Å². The first-order valence-electron chi connectivity index (χ1n) is 6.25. The van der Waals surface area contributed by atoms with E-state index in [4.69, 9.17) is 23.2 Å². The highest BCUT2D eigenvalue weighted by Crippen LogP contribution is 2.24. The maximum atomic E-state index is 12.5. The van der Waals surface area contributed by atoms with E-state index in [0.717, 1.165) is 6.42 Å². The number of rotatable bonds is 2. The number of nitrogens with zero attached hydrogens (tertiary/aromatic N) is 3. The van der Waals surface area contributed by atoms with Crippen LogP contribution in [0.5, 0.6) is 0 Å². The third-order valence-electron chi connectivity index (χ3n) is 3.28. The fraction of sp³-hybridized carbons (Fsp3) is 0.462. The maximum absolute atomic E-state index is 12.5. The summed E-state index contributed by atoms with van der Waals surface area (Å²) >= 11 is 11.6. The Morgan fingerprint density at radius 3 is 2.70 bits per heavy atom. The molecule has 0 bridgehead atoms. The molecule has 0 aliphatic carbocycles. The van der Waals surface area contributed by atoms with Crippen LogP contribution in [0.4, 0.5) is 0 Å². The number of likely N-dealkylation sites (N-methyl/N-ethyl adjacent to an activating group) is 1. The lowest BCUT2D eigenvalue weighted by Crippen LogP contribution is -2.45. The van der Waals surface area contributed by atoms with Crippen LogP contribution in [0.2, 0.25) is 10.2 Å². The number of carbonyl (C=O) groups excluding carboxylic acids is 2. The molecular formula is C13H15Cl2N3O2. The molecule has 2 rings (SSSR count). The van der Waals surface area contributed by atoms with Gasteiger partial charge in [0.1, 0.15) is 11.2 Å². The van der Waals surface area contributed by atoms with Gasteiger partial charge >= 0.3 is 0 Å². The minimum Gasteiger partial charge on any atom is -0.347 e. The molecule has 2 heterocycles. The SMILES string of the molecule is CN(C)C(=O)C1CCCN1C(=O)c1cnc(Cl)c(Cl)c1. The zero-order chi connectivity index (χ0) is 14.9. The molecule has 0 saturated carbocycles. The average Bonchev–Trinajstić information content (AvgIpc) is 2.89. The van der Waals surface area contributed by atoms with Gasteiger partial charge in [-0.1, -0.05) is 23.2 Å². The minimum atomic E-state index is -0.410. The molecule has 1 unspecified atom stereocenters. The maximum Gasteiger partial charge on any atom is 0.256 e. The Hall–Kier alpha value is -1.33. The van der Waals surface area contributed by atoms with Gasteiger partial charge in [-0.2, -0.15) is 0 Å². The quantitative estimate of drug-likeness (QED) is 0.785. The molecule has 0 spiro atoms. The molecule has 108 valence electrons. The summed E-state index contributed by atoms with van der Waals surface area (Å²) in [5.41, 5.74) is 0.345. The van der Waals surface area contributed by atoms with Gasteiger partial charge in [0.15, 0.2) is 0 Å². The summed E-state index contributed by atoms with van der Waals surface area (Å²) in [4.78, 5) is 31.5. The lowest BCUT2D eigenvalue weighted by atomic mass is 10.1. The largest absolute Gasteiger partial charge is 0.347 e. The second kappa shape index (κ2) is 5.97. The second-order valence-corrected chi connectivity index (χ2v) is 5.65. The molecule has 2 amide bonds. The molecule has 5 nitrogen and oxygen atoms in total. The summed E-state index contributed by atoms with van der Waals surface area (Å²) in [6, 6.07) is 1.07. The van der Waals surface area contributed by atoms with E-state index in [0.29, 0.717) is 18.5 Å². The summed E-state index contributed by atoms with van der Waals surface area (Å²) in [6.07, 6.45) is 2.87. The van der Waals surface area contributed by atoms with Crippen molar-refractivity contribution in [1.29, 1.82) is 0 Å². The molecular weight excluding hydrogens is 301 g/mol. The van der Waals surface area contributed by atoms with Crippen molar-refractivity contribution in [2.75, 3.05) is 20.6 Å². The minimum absolute atomic E-state index is 0.0659. The van der Waals surface area contributed by atoms with E-state index in [1.165, 1.54) is 17.2 Å². The molecule has 20 heavy (non-hydrogen) atoms. The number of hydrogen-bond acceptors (Lipinski definition) is 3. The summed E-state index contributed by atoms with van der Waals surface area (Å²) in [7, 11) is 3.37. The smallest absolute Gasteiger partial charge is 0.256 e. The van der Waals surface area contributed by atoms with Crippen molar-refractivity contribution in [3.8, 4) is 0 Å². The Balaban J connectivity index is 2.23. The second-order valence-electron chi connectivity index (χ2n) is 4.89. The zero-order valence-electron chi connectivity index (χ0n) is 11.3. The summed E-state index contributed by atoms with van der Waals surface area (Å²) in [5, 5.41) is 0.387. The van der Waals surface area contributed by atoms with Gasteiger partial charge in [-0.25, -0.2) is 4.98 Å². The number of aromatic nitrogens is 1. The molecule has 0 N–H and O–H groups in total. The number of hydrogen-bond donors (Lipinski definition) is 0. The fourth-order valence-corrected chi connectivity index (χ4v) is 2.54. The number of carbonyl (C=O) groups is 2. The van der Waals surface area contributed by atoms with Crippen molar-refractivity contribution in [2.24, 2.45) is 0 Å². The van der Waals surface area contributed by atoms with Crippen LogP contribution in [0.3, 0.4) is 0 Å². The normalized spacial score (nSPS) is 18.2. The van der Waals surface area contributed by atoms with Crippen molar-refractivity contribution in [1.82, 2.24) is 14.8 Å². The Morgan fingerprint density at radius 1 is 1.40 bits per heavy atom. The van der Waals surface area contributed by atoms with Crippen molar-refractivity contribution >= 4 is 35.0 Å². The van der Waals surface area contributed by atoms with E-state index in [1.54, 1.807) is 19.0 Å². The Morgan fingerprint density at radius 2 is 2.10 bits per heavy atom. The topological polar surface area (TPSA) is 53.5 Å². The Bertz CT molecular complexity index is 548. The first-order valence-corrected chi connectivity index (χ1v) is 7.00. The van der Waals surface area contributed by atoms with E-state index in [2.05, 4.69) is 4.98 Å². The van der Waals surface area contributed by atoms with Crippen molar-refractivity contribution in [3.63, 3.8) is 0 Å². The predicted octanol–water partition coefficient (Wildman–Crippen LogP) is 2.08. The molecule has 1 fully saturated rings. The summed E-state index contributed by atoms with van der Waals surface area (Å²) < 4.78 is 0. The van der Waals surface area contributed by atoms with Gasteiger partial charge in [0.25, 0.3) is 5.91 Å². The van der Waals surface area contributed by atoms with Gasteiger partial charge in [-0.3, -0.25) is 9.59 Å². The summed E-state index contributed by atoms with van der Waals surface area (Å²) in [5.74, 6) is -0.308. The number of likely N-dealkylation sites (tertiary alicyclic amines) is 1. The van der Waals surface area contributed by atoms with Gasteiger partial charge in [0, 0.05) is 26.8 Å². The van der Waals surface area contributed by atoms with Gasteiger partial charge < -0.3 is 9.80 Å². The Labute approximate surface area is 127 Å². The predicted molar refractivity (Wildman–Crippen MR) is 77.0 cm³/mol. The molecule has 0 aromatic carbocycles. The number of amides is 2. The van der Waals surface area contributed by atoms with Crippen LogP contribution in [0.25, 0.3) is 0 Å². The lowest BCUT2D eigenvalue weighted by Gasteiger charge is -2.26. The van der Waals surface area contributed by atoms with Gasteiger partial charge in [-0.05, 0) is 18.9 Å².